The Labute approximate surface area is 123 Å². The van der Waals surface area contributed by atoms with Crippen molar-refractivity contribution in [3.8, 4) is 0 Å². The maximum atomic E-state index is 13.5. The Kier molecular flexibility index (Phi) is 4.18. The lowest BCUT2D eigenvalue weighted by Crippen LogP contribution is -2.14. The Morgan fingerprint density at radius 2 is 1.67 bits per heavy atom. The quantitative estimate of drug-likeness (QED) is 0.910. The Morgan fingerprint density at radius 1 is 1.00 bits per heavy atom. The highest BCUT2D eigenvalue weighted by Gasteiger charge is 2.13. The van der Waals surface area contributed by atoms with Crippen molar-refractivity contribution < 1.29 is 23.5 Å². The fraction of sp³-hybridized carbons (Fsp3) is 0. The molecule has 0 aliphatic carbocycles. The Hall–Kier alpha value is -2.47. The second-order valence-corrected chi connectivity index (χ2v) is 4.49. The van der Waals surface area contributed by atoms with Crippen LogP contribution in [0.5, 0.6) is 0 Å². The van der Waals surface area contributed by atoms with Gasteiger partial charge in [0.25, 0.3) is 5.91 Å². The lowest BCUT2D eigenvalue weighted by Gasteiger charge is -2.08. The summed E-state index contributed by atoms with van der Waals surface area (Å²) in [5.41, 5.74) is -0.568. The summed E-state index contributed by atoms with van der Waals surface area (Å²) in [6.07, 6.45) is 0. The van der Waals surface area contributed by atoms with Gasteiger partial charge in [0.15, 0.2) is 0 Å². The first-order chi connectivity index (χ1) is 9.88. The van der Waals surface area contributed by atoms with Gasteiger partial charge in [-0.25, -0.2) is 13.6 Å². The lowest BCUT2D eigenvalue weighted by atomic mass is 10.1. The molecule has 0 heterocycles. The first kappa shape index (κ1) is 14.9. The van der Waals surface area contributed by atoms with Crippen molar-refractivity contribution in [2.75, 3.05) is 5.32 Å². The molecule has 0 saturated heterocycles. The zero-order chi connectivity index (χ0) is 15.6. The minimum Gasteiger partial charge on any atom is -0.478 e. The lowest BCUT2D eigenvalue weighted by molar-refractivity contribution is 0.0696. The zero-order valence-electron chi connectivity index (χ0n) is 10.4. The number of nitrogens with one attached hydrogen (secondary N) is 1. The van der Waals surface area contributed by atoms with E-state index < -0.39 is 23.5 Å². The van der Waals surface area contributed by atoms with Gasteiger partial charge >= 0.3 is 5.97 Å². The number of benzene rings is 2. The van der Waals surface area contributed by atoms with Gasteiger partial charge in [-0.1, -0.05) is 11.6 Å². The van der Waals surface area contributed by atoms with Gasteiger partial charge in [-0.15, -0.1) is 0 Å². The SMILES string of the molecule is O=C(O)c1ccc(F)c(NC(=O)c2ccc(Cl)c(F)c2)c1. The molecule has 4 nitrogen and oxygen atoms in total. The molecule has 7 heteroatoms. The molecule has 0 aromatic heterocycles. The highest BCUT2D eigenvalue weighted by molar-refractivity contribution is 6.30. The van der Waals surface area contributed by atoms with Gasteiger partial charge in [-0.05, 0) is 36.4 Å². The Bertz CT molecular complexity index is 734. The van der Waals surface area contributed by atoms with Gasteiger partial charge < -0.3 is 10.4 Å². The van der Waals surface area contributed by atoms with E-state index in [9.17, 15) is 18.4 Å². The van der Waals surface area contributed by atoms with E-state index in [0.717, 1.165) is 24.3 Å². The molecule has 0 unspecified atom stereocenters. The number of hydrogen-bond acceptors (Lipinski definition) is 2. The summed E-state index contributed by atoms with van der Waals surface area (Å²) >= 11 is 5.49. The van der Waals surface area contributed by atoms with E-state index in [1.807, 2.05) is 0 Å². The van der Waals surface area contributed by atoms with E-state index in [1.54, 1.807) is 0 Å². The van der Waals surface area contributed by atoms with Crippen molar-refractivity contribution in [1.29, 1.82) is 0 Å². The number of carboxylic acid groups (broad SMARTS) is 1. The Balaban J connectivity index is 2.28. The van der Waals surface area contributed by atoms with Crippen molar-refractivity contribution in [1.82, 2.24) is 0 Å². The number of anilines is 1. The summed E-state index contributed by atoms with van der Waals surface area (Å²) in [5, 5.41) is 10.9. The summed E-state index contributed by atoms with van der Waals surface area (Å²) < 4.78 is 26.8. The zero-order valence-corrected chi connectivity index (χ0v) is 11.1. The molecule has 21 heavy (non-hydrogen) atoms. The van der Waals surface area contributed by atoms with Crippen LogP contribution in [0.3, 0.4) is 0 Å². The van der Waals surface area contributed by atoms with Crippen LogP contribution in [0.25, 0.3) is 0 Å². The number of hydrogen-bond donors (Lipinski definition) is 2. The molecule has 2 aromatic carbocycles. The monoisotopic (exact) mass is 311 g/mol. The van der Waals surface area contributed by atoms with Crippen LogP contribution in [0.4, 0.5) is 14.5 Å². The van der Waals surface area contributed by atoms with E-state index in [-0.39, 0.29) is 21.8 Å². The molecule has 108 valence electrons. The summed E-state index contributed by atoms with van der Waals surface area (Å²) in [4.78, 5) is 22.7. The number of carbonyl (C=O) groups excluding carboxylic acids is 1. The van der Waals surface area contributed by atoms with Crippen LogP contribution in [-0.2, 0) is 0 Å². The summed E-state index contributed by atoms with van der Waals surface area (Å²) in [5.74, 6) is -3.64. The van der Waals surface area contributed by atoms with E-state index in [0.29, 0.717) is 0 Å². The second-order valence-electron chi connectivity index (χ2n) is 4.08. The average Bonchev–Trinajstić information content (AvgIpc) is 2.43. The first-order valence-corrected chi connectivity index (χ1v) is 6.05. The highest BCUT2D eigenvalue weighted by atomic mass is 35.5. The van der Waals surface area contributed by atoms with Crippen LogP contribution in [0.2, 0.25) is 5.02 Å². The molecule has 0 saturated carbocycles. The van der Waals surface area contributed by atoms with Crippen molar-refractivity contribution in [2.24, 2.45) is 0 Å². The summed E-state index contributed by atoms with van der Waals surface area (Å²) in [7, 11) is 0. The molecule has 2 N–H and O–H groups in total. The summed E-state index contributed by atoms with van der Waals surface area (Å²) in [6, 6.07) is 6.31. The van der Waals surface area contributed by atoms with Crippen LogP contribution in [-0.4, -0.2) is 17.0 Å². The standard InChI is InChI=1S/C14H8ClF2NO3/c15-9-3-1-7(5-11(9)17)13(19)18-12-6-8(14(20)21)2-4-10(12)16/h1-6H,(H,18,19)(H,20,21). The van der Waals surface area contributed by atoms with Gasteiger partial charge in [-0.2, -0.15) is 0 Å². The van der Waals surface area contributed by atoms with E-state index in [4.69, 9.17) is 16.7 Å². The predicted octanol–water partition coefficient (Wildman–Crippen LogP) is 3.57. The normalized spacial score (nSPS) is 10.2. The number of rotatable bonds is 3. The first-order valence-electron chi connectivity index (χ1n) is 5.67. The average molecular weight is 312 g/mol. The number of carboxylic acids is 1. The van der Waals surface area contributed by atoms with Crippen LogP contribution in [0, 0.1) is 11.6 Å². The highest BCUT2D eigenvalue weighted by Crippen LogP contribution is 2.19. The smallest absolute Gasteiger partial charge is 0.335 e. The number of carbonyl (C=O) groups is 2. The Morgan fingerprint density at radius 3 is 2.29 bits per heavy atom. The van der Waals surface area contributed by atoms with Gasteiger partial charge in [0.05, 0.1) is 16.3 Å². The number of aromatic carboxylic acids is 1. The van der Waals surface area contributed by atoms with Gasteiger partial charge in [0.1, 0.15) is 11.6 Å². The molecule has 0 aliphatic heterocycles. The molecule has 2 rings (SSSR count). The molecule has 0 fully saturated rings. The van der Waals surface area contributed by atoms with E-state index in [2.05, 4.69) is 5.32 Å². The van der Waals surface area contributed by atoms with Gasteiger partial charge in [0.2, 0.25) is 0 Å². The van der Waals surface area contributed by atoms with Crippen molar-refractivity contribution >= 4 is 29.2 Å². The number of halogens is 3. The molecule has 1 amide bonds. The minimum absolute atomic E-state index is 0.0722. The van der Waals surface area contributed by atoms with E-state index in [1.165, 1.54) is 12.1 Å². The molecule has 0 aliphatic rings. The third kappa shape index (κ3) is 3.35. The molecule has 0 spiro atoms. The van der Waals surface area contributed by atoms with E-state index >= 15 is 0 Å². The molecule has 0 bridgehead atoms. The fourth-order valence-electron chi connectivity index (χ4n) is 1.59. The molecular weight excluding hydrogens is 304 g/mol. The molecular formula is C14H8ClF2NO3. The van der Waals surface area contributed by atoms with Gasteiger partial charge in [0, 0.05) is 5.56 Å². The van der Waals surface area contributed by atoms with Crippen molar-refractivity contribution in [2.45, 2.75) is 0 Å². The van der Waals surface area contributed by atoms with Crippen molar-refractivity contribution in [3.63, 3.8) is 0 Å². The topological polar surface area (TPSA) is 66.4 Å². The summed E-state index contributed by atoms with van der Waals surface area (Å²) in [6.45, 7) is 0. The van der Waals surface area contributed by atoms with Crippen LogP contribution >= 0.6 is 11.6 Å². The number of amides is 1. The fourth-order valence-corrected chi connectivity index (χ4v) is 1.70. The minimum atomic E-state index is -1.26. The van der Waals surface area contributed by atoms with Crippen molar-refractivity contribution in [3.05, 3.63) is 64.2 Å². The van der Waals surface area contributed by atoms with Crippen LogP contribution in [0.1, 0.15) is 20.7 Å². The maximum absolute atomic E-state index is 13.5. The predicted molar refractivity (Wildman–Crippen MR) is 72.7 cm³/mol. The second kappa shape index (κ2) is 5.88. The van der Waals surface area contributed by atoms with Gasteiger partial charge in [-0.3, -0.25) is 4.79 Å². The molecule has 0 radical (unpaired) electrons. The largest absolute Gasteiger partial charge is 0.478 e. The molecule has 0 atom stereocenters. The van der Waals surface area contributed by atoms with Crippen LogP contribution in [0.15, 0.2) is 36.4 Å². The van der Waals surface area contributed by atoms with Crippen LogP contribution < -0.4 is 5.32 Å². The maximum Gasteiger partial charge on any atom is 0.335 e. The third-order valence-electron chi connectivity index (χ3n) is 2.64. The third-order valence-corrected chi connectivity index (χ3v) is 2.95. The molecule has 2 aromatic rings.